The summed E-state index contributed by atoms with van der Waals surface area (Å²) in [5.74, 6) is -1.10. The molecule has 0 unspecified atom stereocenters. The minimum Gasteiger partial charge on any atom is -0.507 e. The Morgan fingerprint density at radius 1 is 1.08 bits per heavy atom. The molecule has 0 spiro atoms. The molecule has 2 N–H and O–H groups in total. The summed E-state index contributed by atoms with van der Waals surface area (Å²) in [6.45, 7) is 0. The molecule has 0 fully saturated rings. The number of hydrogen-bond donors (Lipinski definition) is 2. The van der Waals surface area contributed by atoms with Crippen molar-refractivity contribution in [3.8, 4) is 5.75 Å². The zero-order valence-corrected chi connectivity index (χ0v) is 13.2. The van der Waals surface area contributed by atoms with Crippen LogP contribution in [0, 0.1) is 0 Å². The first-order valence-electron chi connectivity index (χ1n) is 6.23. The van der Waals surface area contributed by atoms with E-state index in [1.165, 1.54) is 18.2 Å². The molecule has 0 heterocycles. The van der Waals surface area contributed by atoms with Crippen LogP contribution in [0.25, 0.3) is 0 Å². The van der Waals surface area contributed by atoms with Crippen LogP contribution in [-0.2, 0) is 9.84 Å². The van der Waals surface area contributed by atoms with Gasteiger partial charge in [-0.15, -0.1) is 0 Å². The highest BCUT2D eigenvalue weighted by molar-refractivity contribution is 7.92. The predicted molar refractivity (Wildman–Crippen MR) is 80.8 cm³/mol. The Bertz CT molecular complexity index is 880. The van der Waals surface area contributed by atoms with Crippen molar-refractivity contribution in [1.82, 2.24) is 0 Å². The van der Waals surface area contributed by atoms with E-state index in [9.17, 15) is 31.5 Å². The van der Waals surface area contributed by atoms with Gasteiger partial charge in [-0.05, 0) is 42.5 Å². The third kappa shape index (κ3) is 3.62. The molecular weight excluding hydrogens is 371 g/mol. The number of nitrogens with one attached hydrogen (secondary N) is 1. The van der Waals surface area contributed by atoms with Crippen molar-refractivity contribution < 1.29 is 31.5 Å². The quantitative estimate of drug-likeness (QED) is 0.853. The highest BCUT2D eigenvalue weighted by atomic mass is 35.5. The van der Waals surface area contributed by atoms with E-state index in [0.29, 0.717) is 0 Å². The lowest BCUT2D eigenvalue weighted by atomic mass is 10.2. The minimum absolute atomic E-state index is 0.0421. The Morgan fingerprint density at radius 2 is 1.67 bits per heavy atom. The number of carbonyl (C=O) groups is 1. The molecule has 0 aromatic heterocycles. The largest absolute Gasteiger partial charge is 0.507 e. The number of halogens is 4. The first-order chi connectivity index (χ1) is 11.0. The average Bonchev–Trinajstić information content (AvgIpc) is 2.49. The smallest absolute Gasteiger partial charge is 0.501 e. The molecule has 0 atom stereocenters. The fourth-order valence-electron chi connectivity index (χ4n) is 1.74. The van der Waals surface area contributed by atoms with E-state index in [1.54, 1.807) is 0 Å². The first-order valence-corrected chi connectivity index (χ1v) is 8.10. The summed E-state index contributed by atoms with van der Waals surface area (Å²) in [6.07, 6.45) is 0. The van der Waals surface area contributed by atoms with Gasteiger partial charge in [-0.25, -0.2) is 8.42 Å². The lowest BCUT2D eigenvalue weighted by Crippen LogP contribution is -2.23. The van der Waals surface area contributed by atoms with Gasteiger partial charge in [0.15, 0.2) is 0 Å². The highest BCUT2D eigenvalue weighted by Crippen LogP contribution is 2.31. The molecule has 0 saturated carbocycles. The van der Waals surface area contributed by atoms with Crippen LogP contribution < -0.4 is 5.32 Å². The fourth-order valence-corrected chi connectivity index (χ4v) is 2.67. The number of rotatable bonds is 3. The van der Waals surface area contributed by atoms with Gasteiger partial charge in [0.2, 0.25) is 0 Å². The molecule has 0 radical (unpaired) electrons. The second kappa shape index (κ2) is 6.33. The molecule has 0 bridgehead atoms. The Hall–Kier alpha value is -2.26. The molecule has 10 heteroatoms. The zero-order valence-electron chi connectivity index (χ0n) is 11.6. The molecule has 0 aliphatic rings. The number of carbonyl (C=O) groups excluding carboxylic acids is 1. The predicted octanol–water partition coefficient (Wildman–Crippen LogP) is 3.59. The third-order valence-corrected chi connectivity index (χ3v) is 4.67. The molecule has 5 nitrogen and oxygen atoms in total. The molecule has 0 aliphatic carbocycles. The van der Waals surface area contributed by atoms with Crippen LogP contribution in [0.5, 0.6) is 5.75 Å². The standard InChI is InChI=1S/C14H9ClF3NO4S/c15-8-1-6-12(20)11(7-8)13(21)19-9-2-4-10(5-3-9)24(22,23)14(16,17)18/h1-7,20H,(H,19,21). The molecule has 1 amide bonds. The van der Waals surface area contributed by atoms with Gasteiger partial charge in [-0.2, -0.15) is 13.2 Å². The van der Waals surface area contributed by atoms with E-state index < -0.39 is 26.1 Å². The highest BCUT2D eigenvalue weighted by Gasteiger charge is 2.46. The van der Waals surface area contributed by atoms with E-state index in [-0.39, 0.29) is 22.0 Å². The number of benzene rings is 2. The summed E-state index contributed by atoms with van der Waals surface area (Å²) >= 11 is 5.71. The fraction of sp³-hybridized carbons (Fsp3) is 0.0714. The zero-order chi connectivity index (χ0) is 18.1. The Morgan fingerprint density at radius 3 is 2.21 bits per heavy atom. The van der Waals surface area contributed by atoms with Gasteiger partial charge < -0.3 is 10.4 Å². The monoisotopic (exact) mass is 379 g/mol. The molecule has 128 valence electrons. The van der Waals surface area contributed by atoms with Crippen molar-refractivity contribution >= 4 is 33.0 Å². The Labute approximate surface area is 139 Å². The minimum atomic E-state index is -5.46. The molecule has 0 aliphatic heterocycles. The number of anilines is 1. The van der Waals surface area contributed by atoms with Crippen molar-refractivity contribution in [3.63, 3.8) is 0 Å². The van der Waals surface area contributed by atoms with Gasteiger partial charge in [0.1, 0.15) is 5.75 Å². The maximum atomic E-state index is 12.4. The van der Waals surface area contributed by atoms with Gasteiger partial charge >= 0.3 is 5.51 Å². The molecule has 2 aromatic carbocycles. The third-order valence-electron chi connectivity index (χ3n) is 2.93. The van der Waals surface area contributed by atoms with Gasteiger partial charge in [0, 0.05) is 10.7 Å². The summed E-state index contributed by atoms with van der Waals surface area (Å²) < 4.78 is 59.8. The van der Waals surface area contributed by atoms with Crippen molar-refractivity contribution in [2.24, 2.45) is 0 Å². The van der Waals surface area contributed by atoms with E-state index in [1.807, 2.05) is 0 Å². The average molecular weight is 380 g/mol. The normalized spacial score (nSPS) is 12.0. The summed E-state index contributed by atoms with van der Waals surface area (Å²) in [7, 11) is -5.46. The summed E-state index contributed by atoms with van der Waals surface area (Å²) in [5.41, 5.74) is -5.51. The molecular formula is C14H9ClF3NO4S. The summed E-state index contributed by atoms with van der Waals surface area (Å²) in [5, 5.41) is 12.1. The van der Waals surface area contributed by atoms with Crippen LogP contribution in [0.2, 0.25) is 5.02 Å². The van der Waals surface area contributed by atoms with Crippen molar-refractivity contribution in [1.29, 1.82) is 0 Å². The number of hydrogen-bond acceptors (Lipinski definition) is 4. The van der Waals surface area contributed by atoms with Crippen LogP contribution in [0.4, 0.5) is 18.9 Å². The van der Waals surface area contributed by atoms with Crippen molar-refractivity contribution in [3.05, 3.63) is 53.1 Å². The Balaban J connectivity index is 2.24. The van der Waals surface area contributed by atoms with Gasteiger partial charge in [-0.3, -0.25) is 4.79 Å². The van der Waals surface area contributed by atoms with Crippen molar-refractivity contribution in [2.45, 2.75) is 10.4 Å². The molecule has 2 aromatic rings. The SMILES string of the molecule is O=C(Nc1ccc(S(=O)(=O)C(F)(F)F)cc1)c1cc(Cl)ccc1O. The van der Waals surface area contributed by atoms with Gasteiger partial charge in [0.25, 0.3) is 15.7 Å². The van der Waals surface area contributed by atoms with Gasteiger partial charge in [0.05, 0.1) is 10.5 Å². The van der Waals surface area contributed by atoms with Crippen LogP contribution in [-0.4, -0.2) is 24.9 Å². The number of phenolic OH excluding ortho intramolecular Hbond substituents is 1. The summed E-state index contributed by atoms with van der Waals surface area (Å²) in [6, 6.07) is 7.21. The van der Waals surface area contributed by atoms with Crippen LogP contribution in [0.3, 0.4) is 0 Å². The molecule has 0 saturated heterocycles. The molecule has 2 rings (SSSR count). The van der Waals surface area contributed by atoms with E-state index in [0.717, 1.165) is 24.3 Å². The second-order valence-corrected chi connectivity index (χ2v) is 6.97. The van der Waals surface area contributed by atoms with Crippen LogP contribution >= 0.6 is 11.6 Å². The maximum absolute atomic E-state index is 12.4. The topological polar surface area (TPSA) is 83.5 Å². The lowest BCUT2D eigenvalue weighted by molar-refractivity contribution is -0.0436. The number of phenols is 1. The maximum Gasteiger partial charge on any atom is 0.501 e. The second-order valence-electron chi connectivity index (χ2n) is 4.59. The number of alkyl halides is 3. The summed E-state index contributed by atoms with van der Waals surface area (Å²) in [4.78, 5) is 11.1. The van der Waals surface area contributed by atoms with Crippen LogP contribution in [0.15, 0.2) is 47.4 Å². The number of amides is 1. The first kappa shape index (κ1) is 18.1. The lowest BCUT2D eigenvalue weighted by Gasteiger charge is -2.10. The van der Waals surface area contributed by atoms with E-state index >= 15 is 0 Å². The van der Waals surface area contributed by atoms with E-state index in [4.69, 9.17) is 11.6 Å². The number of aromatic hydroxyl groups is 1. The van der Waals surface area contributed by atoms with Crippen LogP contribution in [0.1, 0.15) is 10.4 Å². The Kier molecular flexibility index (Phi) is 4.77. The van der Waals surface area contributed by atoms with E-state index in [2.05, 4.69) is 5.32 Å². The number of sulfone groups is 1. The van der Waals surface area contributed by atoms with Crippen molar-refractivity contribution in [2.75, 3.05) is 5.32 Å². The van der Waals surface area contributed by atoms with Gasteiger partial charge in [-0.1, -0.05) is 11.6 Å². The molecule has 24 heavy (non-hydrogen) atoms.